The molecular weight excluding hydrogens is 919 g/mol. The fourth-order valence-corrected chi connectivity index (χ4v) is 12.2. The number of aromatic carboxylic acids is 1. The second kappa shape index (κ2) is 19.0. The van der Waals surface area contributed by atoms with Crippen molar-refractivity contribution in [3.63, 3.8) is 0 Å². The highest BCUT2D eigenvalue weighted by Gasteiger charge is 2.41. The average Bonchev–Trinajstić information content (AvgIpc) is 3.99. The number of para-hydroxylation sites is 1. The third kappa shape index (κ3) is 9.11. The molecule has 2 unspecified atom stereocenters. The lowest BCUT2D eigenvalue weighted by Gasteiger charge is -2.38. The Morgan fingerprint density at radius 2 is 1.70 bits per heavy atom. The fraction of sp³-hybridized carbons (Fsp3) is 0.333. The van der Waals surface area contributed by atoms with Crippen LogP contribution >= 0.6 is 11.3 Å². The molecular formula is C54H53N9O7S. The zero-order valence-electron chi connectivity index (χ0n) is 39.4. The monoisotopic (exact) mass is 971 g/mol. The molecule has 7 heterocycles. The molecule has 4 N–H and O–H groups in total. The van der Waals surface area contributed by atoms with Gasteiger partial charge >= 0.3 is 5.97 Å². The molecule has 4 aliphatic rings. The number of rotatable bonds is 13. The summed E-state index contributed by atoms with van der Waals surface area (Å²) in [5.41, 5.74) is 7.44. The number of aromatic nitrogens is 4. The summed E-state index contributed by atoms with van der Waals surface area (Å²) in [7, 11) is 1.81. The van der Waals surface area contributed by atoms with E-state index in [-0.39, 0.29) is 35.7 Å². The molecule has 3 fully saturated rings. The molecule has 17 heteroatoms. The maximum absolute atomic E-state index is 13.7. The summed E-state index contributed by atoms with van der Waals surface area (Å²) in [6.07, 6.45) is 6.29. The van der Waals surface area contributed by atoms with Crippen molar-refractivity contribution in [1.82, 2.24) is 30.0 Å². The molecule has 3 aromatic heterocycles. The Morgan fingerprint density at radius 3 is 2.51 bits per heavy atom. The SMILES string of the molecule is Cc1c(OCCC2C[C@H]3CC[C@@H](C2)N3CC(=O)Nc2ccc3c(C4CCC(=O)NC4=O)nn(C)c3c2)cccc1-c1ccc(N2CCc3cccc(C(=O)Nc4nc5ccccc5s4)c3C2)nc1C(=O)O. The van der Waals surface area contributed by atoms with Crippen LogP contribution in [0.15, 0.2) is 91.0 Å². The van der Waals surface area contributed by atoms with E-state index in [1.807, 2.05) is 110 Å². The van der Waals surface area contributed by atoms with E-state index in [1.165, 1.54) is 11.3 Å². The molecule has 71 heavy (non-hydrogen) atoms. The number of fused-ring (bicyclic) bond motifs is 5. The van der Waals surface area contributed by atoms with Crippen molar-refractivity contribution in [2.75, 3.05) is 35.2 Å². The van der Waals surface area contributed by atoms with Crippen molar-refractivity contribution >= 4 is 78.7 Å². The van der Waals surface area contributed by atoms with Gasteiger partial charge < -0.3 is 20.1 Å². The number of hydrogen-bond acceptors (Lipinski definition) is 12. The number of carboxylic acid groups (broad SMARTS) is 1. The lowest BCUT2D eigenvalue weighted by atomic mass is 9.88. The van der Waals surface area contributed by atoms with Crippen LogP contribution in [0.1, 0.15) is 94.1 Å². The molecule has 0 radical (unpaired) electrons. The molecule has 0 aliphatic carbocycles. The van der Waals surface area contributed by atoms with Crippen molar-refractivity contribution in [3.8, 4) is 16.9 Å². The van der Waals surface area contributed by atoms with E-state index in [0.717, 1.165) is 75.5 Å². The van der Waals surface area contributed by atoms with Crippen molar-refractivity contribution in [1.29, 1.82) is 0 Å². The number of thiazole rings is 1. The number of piperidine rings is 2. The molecule has 4 amide bonds. The molecule has 4 aromatic carbocycles. The van der Waals surface area contributed by atoms with E-state index in [1.54, 1.807) is 4.68 Å². The van der Waals surface area contributed by atoms with Crippen LogP contribution in [0.3, 0.4) is 0 Å². The van der Waals surface area contributed by atoms with Crippen LogP contribution in [0.5, 0.6) is 5.75 Å². The molecule has 4 aliphatic heterocycles. The second-order valence-corrected chi connectivity index (χ2v) is 20.2. The number of carbonyl (C=O) groups excluding carboxylic acids is 4. The molecule has 0 spiro atoms. The number of anilines is 3. The minimum atomic E-state index is -1.13. The topological polar surface area (TPSA) is 201 Å². The average molecular weight is 972 g/mol. The van der Waals surface area contributed by atoms with Gasteiger partial charge in [-0.3, -0.25) is 39.4 Å². The number of imide groups is 1. The number of ether oxygens (including phenoxy) is 1. The smallest absolute Gasteiger partial charge is 0.355 e. The van der Waals surface area contributed by atoms with E-state index in [4.69, 9.17) is 9.72 Å². The summed E-state index contributed by atoms with van der Waals surface area (Å²) in [4.78, 5) is 78.0. The molecule has 362 valence electrons. The Kier molecular flexibility index (Phi) is 12.3. The van der Waals surface area contributed by atoms with Gasteiger partial charge in [0, 0.05) is 60.8 Å². The first-order valence-electron chi connectivity index (χ1n) is 24.3. The third-order valence-electron chi connectivity index (χ3n) is 14.8. The minimum absolute atomic E-state index is 0.0542. The van der Waals surface area contributed by atoms with Gasteiger partial charge in [0.2, 0.25) is 17.7 Å². The summed E-state index contributed by atoms with van der Waals surface area (Å²) >= 11 is 1.43. The zero-order valence-corrected chi connectivity index (χ0v) is 40.3. The van der Waals surface area contributed by atoms with E-state index in [0.29, 0.717) is 96.3 Å². The van der Waals surface area contributed by atoms with Crippen molar-refractivity contribution < 1.29 is 33.8 Å². The molecule has 16 nitrogen and oxygen atoms in total. The molecule has 11 rings (SSSR count). The van der Waals surface area contributed by atoms with Crippen molar-refractivity contribution in [3.05, 3.63) is 125 Å². The number of amides is 4. The van der Waals surface area contributed by atoms with Gasteiger partial charge in [0.05, 0.1) is 40.5 Å². The standard InChI is InChI=1S/C54H53N9O7S/c1-30-36(37-17-19-46(57-50(37)53(68)69)62-23-21-32-7-5-9-38(41(32)28-62)51(66)59-54-56-42-10-3-4-12-45(42)71-54)8-6-11-44(30)70-24-22-31-25-34-14-15-35(26-31)63(34)29-48(65)55-33-13-16-39-43(27-33)61(2)60-49(39)40-18-20-47(64)58-52(40)67/h3-13,16-17,19,27,31,34-35,40H,14-15,18,20-26,28-29H2,1-2H3,(H,55,65)(H,68,69)(H,56,59,66)(H,58,64,67)/t31?,34-,35+,40?. The molecule has 3 saturated heterocycles. The molecule has 0 saturated carbocycles. The van der Waals surface area contributed by atoms with E-state index >= 15 is 0 Å². The number of benzene rings is 4. The summed E-state index contributed by atoms with van der Waals surface area (Å²) in [6, 6.07) is 29.1. The second-order valence-electron chi connectivity index (χ2n) is 19.2. The third-order valence-corrected chi connectivity index (χ3v) is 15.8. The lowest BCUT2D eigenvalue weighted by Crippen LogP contribution is -2.46. The fourth-order valence-electron chi connectivity index (χ4n) is 11.3. The summed E-state index contributed by atoms with van der Waals surface area (Å²) in [5, 5.41) is 25.0. The van der Waals surface area contributed by atoms with Crippen LogP contribution in [-0.4, -0.2) is 91.1 Å². The number of nitrogens with zero attached hydrogens (tertiary/aromatic N) is 6. The van der Waals surface area contributed by atoms with Gasteiger partial charge in [-0.25, -0.2) is 14.8 Å². The van der Waals surface area contributed by atoms with E-state index < -0.39 is 11.9 Å². The Hall–Kier alpha value is -7.50. The quantitative estimate of drug-likeness (QED) is 0.0808. The number of hydrogen-bond donors (Lipinski definition) is 4. The number of carboxylic acids is 1. The van der Waals surface area contributed by atoms with Crippen LogP contribution in [0, 0.1) is 12.8 Å². The van der Waals surface area contributed by atoms with Crippen LogP contribution < -0.4 is 25.6 Å². The van der Waals surface area contributed by atoms with Gasteiger partial charge in [-0.2, -0.15) is 5.10 Å². The first-order valence-corrected chi connectivity index (χ1v) is 25.1. The number of pyridine rings is 1. The van der Waals surface area contributed by atoms with E-state index in [2.05, 4.69) is 30.9 Å². The lowest BCUT2D eigenvalue weighted by molar-refractivity contribution is -0.134. The van der Waals surface area contributed by atoms with Gasteiger partial charge in [0.1, 0.15) is 11.6 Å². The first kappa shape index (κ1) is 45.9. The Bertz CT molecular complexity index is 3250. The van der Waals surface area contributed by atoms with Crippen LogP contribution in [0.25, 0.3) is 32.2 Å². The number of nitrogens with one attached hydrogen (secondary N) is 3. The van der Waals surface area contributed by atoms with E-state index in [9.17, 15) is 29.1 Å². The number of carbonyl (C=O) groups is 5. The Balaban J connectivity index is 0.703. The van der Waals surface area contributed by atoms with Gasteiger partial charge in [0.25, 0.3) is 5.91 Å². The van der Waals surface area contributed by atoms with Gasteiger partial charge in [-0.1, -0.05) is 47.7 Å². The highest BCUT2D eigenvalue weighted by atomic mass is 32.1. The largest absolute Gasteiger partial charge is 0.493 e. The Labute approximate surface area is 413 Å². The summed E-state index contributed by atoms with van der Waals surface area (Å²) in [6.45, 7) is 3.77. The van der Waals surface area contributed by atoms with Crippen molar-refractivity contribution in [2.45, 2.75) is 82.8 Å². The maximum atomic E-state index is 13.7. The minimum Gasteiger partial charge on any atom is -0.493 e. The van der Waals surface area contributed by atoms with Crippen LogP contribution in [0.4, 0.5) is 16.6 Å². The molecule has 7 aromatic rings. The Morgan fingerprint density at radius 1 is 0.887 bits per heavy atom. The van der Waals surface area contributed by atoms with Gasteiger partial charge in [0.15, 0.2) is 10.8 Å². The van der Waals surface area contributed by atoms with Gasteiger partial charge in [-0.15, -0.1) is 0 Å². The molecule has 2 bridgehead atoms. The first-order chi connectivity index (χ1) is 34.4. The molecule has 4 atom stereocenters. The normalized spacial score (nSPS) is 19.9. The van der Waals surface area contributed by atoms with Crippen LogP contribution in [0.2, 0.25) is 0 Å². The van der Waals surface area contributed by atoms with Crippen LogP contribution in [-0.2, 0) is 34.4 Å². The maximum Gasteiger partial charge on any atom is 0.355 e. The highest BCUT2D eigenvalue weighted by molar-refractivity contribution is 7.22. The predicted molar refractivity (Wildman–Crippen MR) is 271 cm³/mol. The summed E-state index contributed by atoms with van der Waals surface area (Å²) < 4.78 is 9.14. The predicted octanol–water partition coefficient (Wildman–Crippen LogP) is 8.24. The van der Waals surface area contributed by atoms with Gasteiger partial charge in [-0.05, 0) is 135 Å². The highest BCUT2D eigenvalue weighted by Crippen LogP contribution is 2.41. The number of aryl methyl sites for hydroxylation is 1. The zero-order chi connectivity index (χ0) is 48.9. The summed E-state index contributed by atoms with van der Waals surface area (Å²) in [5.74, 6) is -0.875. The van der Waals surface area contributed by atoms with Crippen molar-refractivity contribution in [2.24, 2.45) is 13.0 Å².